The highest BCUT2D eigenvalue weighted by molar-refractivity contribution is 5.79. The van der Waals surface area contributed by atoms with Crippen LogP contribution >= 0.6 is 0 Å². The number of unbranched alkanes of at least 4 members (excludes halogenated alkanes) is 1. The van der Waals surface area contributed by atoms with Crippen LogP contribution in [0, 0.1) is 5.92 Å². The molecule has 0 bridgehead atoms. The fourth-order valence-corrected chi connectivity index (χ4v) is 2.05. The molecule has 24 heavy (non-hydrogen) atoms. The zero-order valence-corrected chi connectivity index (χ0v) is 15.6. The standard InChI is InChI=1S/C19H33N3O2/c1-5-23-13-7-6-12-21-19(20-4)22-14-17-8-10-18(11-9-17)24-15-16(2)3/h8-11,16H,5-7,12-15H2,1-4H3,(H2,20,21,22). The Kier molecular flexibility index (Phi) is 10.7. The van der Waals surface area contributed by atoms with Crippen LogP contribution in [0.25, 0.3) is 0 Å². The first-order valence-electron chi connectivity index (χ1n) is 8.89. The Balaban J connectivity index is 2.25. The molecule has 0 aliphatic heterocycles. The highest BCUT2D eigenvalue weighted by Gasteiger charge is 2.00. The Hall–Kier alpha value is -1.75. The summed E-state index contributed by atoms with van der Waals surface area (Å²) in [5, 5.41) is 6.64. The van der Waals surface area contributed by atoms with E-state index in [-0.39, 0.29) is 0 Å². The Morgan fingerprint density at radius 1 is 1.12 bits per heavy atom. The number of hydrogen-bond donors (Lipinski definition) is 2. The summed E-state index contributed by atoms with van der Waals surface area (Å²) < 4.78 is 11.0. The van der Waals surface area contributed by atoms with Gasteiger partial charge in [0.25, 0.3) is 0 Å². The van der Waals surface area contributed by atoms with Crippen molar-refractivity contribution in [1.29, 1.82) is 0 Å². The second-order valence-electron chi connectivity index (χ2n) is 6.11. The predicted octanol–water partition coefficient (Wildman–Crippen LogP) is 3.20. The summed E-state index contributed by atoms with van der Waals surface area (Å²) >= 11 is 0. The molecule has 0 amide bonds. The molecular weight excluding hydrogens is 302 g/mol. The molecule has 0 fully saturated rings. The molecular formula is C19H33N3O2. The fraction of sp³-hybridized carbons (Fsp3) is 0.632. The summed E-state index contributed by atoms with van der Waals surface area (Å²) in [5.41, 5.74) is 1.20. The molecule has 0 radical (unpaired) electrons. The topological polar surface area (TPSA) is 54.9 Å². The van der Waals surface area contributed by atoms with Crippen LogP contribution in [0.15, 0.2) is 29.3 Å². The molecule has 0 saturated carbocycles. The lowest BCUT2D eigenvalue weighted by Gasteiger charge is -2.13. The van der Waals surface area contributed by atoms with Crippen LogP contribution in [-0.2, 0) is 11.3 Å². The second-order valence-corrected chi connectivity index (χ2v) is 6.11. The third-order valence-electron chi connectivity index (χ3n) is 3.40. The fourth-order valence-electron chi connectivity index (χ4n) is 2.05. The highest BCUT2D eigenvalue weighted by atomic mass is 16.5. The summed E-state index contributed by atoms with van der Waals surface area (Å²) in [6.45, 7) is 10.3. The third-order valence-corrected chi connectivity index (χ3v) is 3.40. The molecule has 1 aromatic rings. The van der Waals surface area contributed by atoms with E-state index in [1.807, 2.05) is 19.1 Å². The molecule has 1 aromatic carbocycles. The Morgan fingerprint density at radius 3 is 2.50 bits per heavy atom. The van der Waals surface area contributed by atoms with Crippen molar-refractivity contribution < 1.29 is 9.47 Å². The van der Waals surface area contributed by atoms with Gasteiger partial charge in [0, 0.05) is 33.4 Å². The first-order chi connectivity index (χ1) is 11.7. The van der Waals surface area contributed by atoms with Gasteiger partial charge in [-0.25, -0.2) is 0 Å². The van der Waals surface area contributed by atoms with E-state index >= 15 is 0 Å². The van der Waals surface area contributed by atoms with Gasteiger partial charge in [-0.3, -0.25) is 4.99 Å². The van der Waals surface area contributed by atoms with Crippen LogP contribution in [0.3, 0.4) is 0 Å². The minimum atomic E-state index is 0.536. The lowest BCUT2D eigenvalue weighted by Crippen LogP contribution is -2.37. The normalized spacial score (nSPS) is 11.6. The van der Waals surface area contributed by atoms with E-state index in [1.54, 1.807) is 7.05 Å². The summed E-state index contributed by atoms with van der Waals surface area (Å²) in [6.07, 6.45) is 2.14. The van der Waals surface area contributed by atoms with Crippen molar-refractivity contribution in [3.05, 3.63) is 29.8 Å². The predicted molar refractivity (Wildman–Crippen MR) is 101 cm³/mol. The van der Waals surface area contributed by atoms with Crippen molar-refractivity contribution in [2.45, 2.75) is 40.2 Å². The van der Waals surface area contributed by atoms with Gasteiger partial charge in [0.15, 0.2) is 5.96 Å². The molecule has 0 heterocycles. The van der Waals surface area contributed by atoms with Gasteiger partial charge >= 0.3 is 0 Å². The van der Waals surface area contributed by atoms with Crippen LogP contribution in [-0.4, -0.2) is 39.4 Å². The molecule has 0 spiro atoms. The molecule has 0 aliphatic rings. The van der Waals surface area contributed by atoms with Gasteiger partial charge in [-0.1, -0.05) is 26.0 Å². The minimum Gasteiger partial charge on any atom is -0.493 e. The van der Waals surface area contributed by atoms with Crippen molar-refractivity contribution in [2.24, 2.45) is 10.9 Å². The summed E-state index contributed by atoms with van der Waals surface area (Å²) in [4.78, 5) is 4.24. The number of benzene rings is 1. The van der Waals surface area contributed by atoms with Crippen molar-refractivity contribution in [1.82, 2.24) is 10.6 Å². The van der Waals surface area contributed by atoms with E-state index in [4.69, 9.17) is 9.47 Å². The number of rotatable bonds is 11. The van der Waals surface area contributed by atoms with Crippen molar-refractivity contribution >= 4 is 5.96 Å². The first kappa shape index (κ1) is 20.3. The van der Waals surface area contributed by atoms with Gasteiger partial charge in [0.1, 0.15) is 5.75 Å². The second kappa shape index (κ2) is 12.6. The number of ether oxygens (including phenoxy) is 2. The van der Waals surface area contributed by atoms with E-state index in [0.29, 0.717) is 5.92 Å². The average molecular weight is 335 g/mol. The van der Waals surface area contributed by atoms with E-state index in [9.17, 15) is 0 Å². The quantitative estimate of drug-likeness (QED) is 0.370. The molecule has 0 aliphatic carbocycles. The highest BCUT2D eigenvalue weighted by Crippen LogP contribution is 2.13. The number of nitrogens with one attached hydrogen (secondary N) is 2. The number of guanidine groups is 1. The van der Waals surface area contributed by atoms with Gasteiger partial charge in [-0.15, -0.1) is 0 Å². The van der Waals surface area contributed by atoms with Gasteiger partial charge in [-0.2, -0.15) is 0 Å². The van der Waals surface area contributed by atoms with Gasteiger partial charge in [0.2, 0.25) is 0 Å². The van der Waals surface area contributed by atoms with E-state index in [0.717, 1.165) is 57.5 Å². The third kappa shape index (κ3) is 9.40. The van der Waals surface area contributed by atoms with Crippen molar-refractivity contribution in [2.75, 3.05) is 33.4 Å². The van der Waals surface area contributed by atoms with Crippen molar-refractivity contribution in [3.63, 3.8) is 0 Å². The Labute approximate surface area is 146 Å². The summed E-state index contributed by atoms with van der Waals surface area (Å²) in [5.74, 6) is 2.28. The van der Waals surface area contributed by atoms with Gasteiger partial charge in [-0.05, 0) is 43.4 Å². The van der Waals surface area contributed by atoms with Crippen LogP contribution < -0.4 is 15.4 Å². The molecule has 2 N–H and O–H groups in total. The van der Waals surface area contributed by atoms with Crippen LogP contribution in [0.1, 0.15) is 39.2 Å². The lowest BCUT2D eigenvalue weighted by atomic mass is 10.2. The number of nitrogens with zero attached hydrogens (tertiary/aromatic N) is 1. The number of hydrogen-bond acceptors (Lipinski definition) is 3. The first-order valence-corrected chi connectivity index (χ1v) is 8.89. The molecule has 136 valence electrons. The maximum atomic E-state index is 5.70. The molecule has 5 nitrogen and oxygen atoms in total. The lowest BCUT2D eigenvalue weighted by molar-refractivity contribution is 0.143. The molecule has 0 atom stereocenters. The smallest absolute Gasteiger partial charge is 0.191 e. The van der Waals surface area contributed by atoms with Crippen LogP contribution in [0.4, 0.5) is 0 Å². The summed E-state index contributed by atoms with van der Waals surface area (Å²) in [6, 6.07) is 8.20. The molecule has 0 saturated heterocycles. The van der Waals surface area contributed by atoms with E-state index in [1.165, 1.54) is 5.56 Å². The number of aliphatic imine (C=N–C) groups is 1. The Morgan fingerprint density at radius 2 is 1.88 bits per heavy atom. The van der Waals surface area contributed by atoms with Gasteiger partial charge < -0.3 is 20.1 Å². The van der Waals surface area contributed by atoms with Crippen LogP contribution in [0.5, 0.6) is 5.75 Å². The molecule has 0 unspecified atom stereocenters. The monoisotopic (exact) mass is 335 g/mol. The van der Waals surface area contributed by atoms with Crippen molar-refractivity contribution in [3.8, 4) is 5.75 Å². The SMILES string of the molecule is CCOCCCCNC(=NC)NCc1ccc(OCC(C)C)cc1. The zero-order chi connectivity index (χ0) is 17.6. The van der Waals surface area contributed by atoms with E-state index < -0.39 is 0 Å². The average Bonchev–Trinajstić information content (AvgIpc) is 2.59. The maximum Gasteiger partial charge on any atom is 0.191 e. The van der Waals surface area contributed by atoms with Crippen LogP contribution in [0.2, 0.25) is 0 Å². The minimum absolute atomic E-state index is 0.536. The summed E-state index contributed by atoms with van der Waals surface area (Å²) in [7, 11) is 1.79. The maximum absolute atomic E-state index is 5.70. The largest absolute Gasteiger partial charge is 0.493 e. The molecule has 5 heteroatoms. The van der Waals surface area contributed by atoms with E-state index in [2.05, 4.69) is 41.6 Å². The Bertz CT molecular complexity index is 458. The zero-order valence-electron chi connectivity index (χ0n) is 15.6. The van der Waals surface area contributed by atoms with Gasteiger partial charge in [0.05, 0.1) is 6.61 Å². The molecule has 1 rings (SSSR count). The molecule has 0 aromatic heterocycles.